The van der Waals surface area contributed by atoms with Crippen LogP contribution in [0.25, 0.3) is 0 Å². The van der Waals surface area contributed by atoms with E-state index in [1.54, 1.807) is 0 Å². The molecular formula is C7H9NO6S. The highest BCUT2D eigenvalue weighted by molar-refractivity contribution is 7.92. The van der Waals surface area contributed by atoms with Crippen molar-refractivity contribution in [3.63, 3.8) is 0 Å². The average Bonchev–Trinajstić information content (AvgIpc) is 2.30. The Bertz CT molecular complexity index is 425. The lowest BCUT2D eigenvalue weighted by atomic mass is 10.4. The van der Waals surface area contributed by atoms with Gasteiger partial charge >= 0.3 is 5.97 Å². The van der Waals surface area contributed by atoms with E-state index in [0.29, 0.717) is 0 Å². The maximum atomic E-state index is 11.3. The number of amides is 2. The molecule has 0 saturated carbocycles. The summed E-state index contributed by atoms with van der Waals surface area (Å²) in [6.07, 6.45) is 0.366. The number of hydrogen-bond acceptors (Lipinski definition) is 6. The zero-order valence-electron chi connectivity index (χ0n) is 8.09. The van der Waals surface area contributed by atoms with Crippen LogP contribution in [0.3, 0.4) is 0 Å². The number of carbonyl (C=O) groups is 3. The number of hydroxylamine groups is 2. The van der Waals surface area contributed by atoms with Crippen molar-refractivity contribution < 1.29 is 27.6 Å². The molecule has 1 fully saturated rings. The molecule has 0 N–H and O–H groups in total. The summed E-state index contributed by atoms with van der Waals surface area (Å²) in [7, 11) is -3.66. The van der Waals surface area contributed by atoms with E-state index in [1.165, 1.54) is 0 Å². The molecule has 1 heterocycles. The molecule has 7 nitrogen and oxygen atoms in total. The minimum absolute atomic E-state index is 0.202. The fourth-order valence-corrected chi connectivity index (χ4v) is 2.05. The molecule has 2 amide bonds. The number of imide groups is 1. The summed E-state index contributed by atoms with van der Waals surface area (Å²) < 4.78 is 22.2. The first-order chi connectivity index (χ1) is 6.73. The van der Waals surface area contributed by atoms with Gasteiger partial charge in [0.15, 0.2) is 15.1 Å². The number of rotatable bonds is 2. The van der Waals surface area contributed by atoms with Crippen LogP contribution in [-0.4, -0.2) is 42.8 Å². The maximum absolute atomic E-state index is 11.3. The molecule has 1 rings (SSSR count). The van der Waals surface area contributed by atoms with Crippen molar-refractivity contribution in [2.75, 3.05) is 6.26 Å². The van der Waals surface area contributed by atoms with Crippen molar-refractivity contribution in [3.8, 4) is 0 Å². The zero-order valence-corrected chi connectivity index (χ0v) is 8.91. The Labute approximate surface area is 85.9 Å². The summed E-state index contributed by atoms with van der Waals surface area (Å²) >= 11 is 0. The van der Waals surface area contributed by atoms with Gasteiger partial charge in [0, 0.05) is 13.2 Å². The van der Waals surface area contributed by atoms with Crippen molar-refractivity contribution in [2.24, 2.45) is 0 Å². The number of carbonyl (C=O) groups excluding carboxylic acids is 3. The molecule has 84 valence electrons. The quantitative estimate of drug-likeness (QED) is 0.548. The summed E-state index contributed by atoms with van der Waals surface area (Å²) in [5, 5.41) is -1.24. The zero-order chi connectivity index (χ0) is 11.8. The summed E-state index contributed by atoms with van der Waals surface area (Å²) in [5.41, 5.74) is 0. The molecular weight excluding hydrogens is 226 g/mol. The van der Waals surface area contributed by atoms with Crippen LogP contribution in [0.4, 0.5) is 0 Å². The molecule has 0 spiro atoms. The van der Waals surface area contributed by atoms with Crippen LogP contribution in [0.2, 0.25) is 0 Å². The normalized spacial score (nSPS) is 22.0. The van der Waals surface area contributed by atoms with Gasteiger partial charge in [-0.05, 0) is 0 Å². The Morgan fingerprint density at radius 1 is 1.47 bits per heavy atom. The number of sulfone groups is 1. The van der Waals surface area contributed by atoms with Crippen LogP contribution in [0.5, 0.6) is 0 Å². The van der Waals surface area contributed by atoms with Crippen molar-refractivity contribution in [2.45, 2.75) is 18.6 Å². The fraction of sp³-hybridized carbons (Fsp3) is 0.571. The van der Waals surface area contributed by atoms with Crippen molar-refractivity contribution in [3.05, 3.63) is 0 Å². The standard InChI is InChI=1S/C7H9NO6S/c1-4(9)14-8-6(10)3-5(7(8)11)15(2,12)13/h5H,3H2,1-2H3. The molecule has 0 aromatic heterocycles. The Morgan fingerprint density at radius 3 is 2.33 bits per heavy atom. The molecule has 0 aromatic rings. The van der Waals surface area contributed by atoms with Crippen molar-refractivity contribution in [1.29, 1.82) is 0 Å². The fourth-order valence-electron chi connectivity index (χ4n) is 1.14. The van der Waals surface area contributed by atoms with Gasteiger partial charge in [0.25, 0.3) is 11.8 Å². The van der Waals surface area contributed by atoms with Crippen molar-refractivity contribution in [1.82, 2.24) is 5.06 Å². The molecule has 15 heavy (non-hydrogen) atoms. The van der Waals surface area contributed by atoms with Gasteiger partial charge in [-0.1, -0.05) is 0 Å². The Balaban J connectivity index is 2.94. The third-order valence-corrected chi connectivity index (χ3v) is 3.20. The number of hydrogen-bond donors (Lipinski definition) is 0. The minimum atomic E-state index is -3.66. The molecule has 1 atom stereocenters. The lowest BCUT2D eigenvalue weighted by Gasteiger charge is -2.11. The smallest absolute Gasteiger partial charge is 0.330 e. The monoisotopic (exact) mass is 235 g/mol. The van der Waals surface area contributed by atoms with E-state index in [0.717, 1.165) is 13.2 Å². The van der Waals surface area contributed by atoms with E-state index in [4.69, 9.17) is 0 Å². The molecule has 1 unspecified atom stereocenters. The summed E-state index contributed by atoms with van der Waals surface area (Å²) in [4.78, 5) is 37.3. The van der Waals surface area contributed by atoms with Gasteiger partial charge in [-0.25, -0.2) is 13.2 Å². The first-order valence-electron chi connectivity index (χ1n) is 3.97. The highest BCUT2D eigenvalue weighted by atomic mass is 32.2. The van der Waals surface area contributed by atoms with Gasteiger partial charge in [-0.2, -0.15) is 0 Å². The highest BCUT2D eigenvalue weighted by Gasteiger charge is 2.46. The lowest BCUT2D eigenvalue weighted by molar-refractivity contribution is -0.195. The second-order valence-corrected chi connectivity index (χ2v) is 5.36. The van der Waals surface area contributed by atoms with E-state index < -0.39 is 39.3 Å². The molecule has 0 radical (unpaired) electrons. The highest BCUT2D eigenvalue weighted by Crippen LogP contribution is 2.19. The molecule has 1 saturated heterocycles. The van der Waals surface area contributed by atoms with Gasteiger partial charge in [0.2, 0.25) is 0 Å². The molecule has 0 aliphatic carbocycles. The lowest BCUT2D eigenvalue weighted by Crippen LogP contribution is -2.35. The topological polar surface area (TPSA) is 97.8 Å². The van der Waals surface area contributed by atoms with Crippen LogP contribution < -0.4 is 0 Å². The Kier molecular flexibility index (Phi) is 2.80. The molecule has 8 heteroatoms. The van der Waals surface area contributed by atoms with Crippen LogP contribution in [0, 0.1) is 0 Å². The minimum Gasteiger partial charge on any atom is -0.331 e. The third kappa shape index (κ3) is 2.32. The van der Waals surface area contributed by atoms with Crippen LogP contribution in [0.15, 0.2) is 0 Å². The number of nitrogens with zero attached hydrogens (tertiary/aromatic N) is 1. The molecule has 1 aliphatic heterocycles. The summed E-state index contributed by atoms with van der Waals surface area (Å²) in [5.74, 6) is -2.70. The van der Waals surface area contributed by atoms with E-state index in [9.17, 15) is 22.8 Å². The largest absolute Gasteiger partial charge is 0.331 e. The SMILES string of the molecule is CC(=O)ON1C(=O)CC(S(C)(=O)=O)C1=O. The van der Waals surface area contributed by atoms with Crippen LogP contribution >= 0.6 is 0 Å². The second kappa shape index (κ2) is 3.61. The van der Waals surface area contributed by atoms with Gasteiger partial charge in [0.05, 0.1) is 6.42 Å². The molecule has 0 aromatic carbocycles. The van der Waals surface area contributed by atoms with E-state index in [-0.39, 0.29) is 5.06 Å². The molecule has 1 aliphatic rings. The van der Waals surface area contributed by atoms with Crippen molar-refractivity contribution >= 4 is 27.6 Å². The first kappa shape index (κ1) is 11.6. The summed E-state index contributed by atoms with van der Waals surface area (Å²) in [6.45, 7) is 1.01. The first-order valence-corrected chi connectivity index (χ1v) is 5.93. The van der Waals surface area contributed by atoms with Gasteiger partial charge in [-0.15, -0.1) is 5.06 Å². The maximum Gasteiger partial charge on any atom is 0.330 e. The van der Waals surface area contributed by atoms with E-state index >= 15 is 0 Å². The molecule has 0 bridgehead atoms. The van der Waals surface area contributed by atoms with E-state index in [2.05, 4.69) is 4.84 Å². The predicted octanol–water partition coefficient (Wildman–Crippen LogP) is -1.36. The average molecular weight is 235 g/mol. The Morgan fingerprint density at radius 2 is 2.00 bits per heavy atom. The van der Waals surface area contributed by atoms with Crippen LogP contribution in [-0.2, 0) is 29.1 Å². The van der Waals surface area contributed by atoms with Gasteiger partial charge in [0.1, 0.15) is 0 Å². The van der Waals surface area contributed by atoms with Gasteiger partial charge < -0.3 is 4.84 Å². The summed E-state index contributed by atoms with van der Waals surface area (Å²) in [6, 6.07) is 0. The predicted molar refractivity (Wildman–Crippen MR) is 46.9 cm³/mol. The Hall–Kier alpha value is -1.44. The van der Waals surface area contributed by atoms with E-state index in [1.807, 2.05) is 0 Å². The second-order valence-electron chi connectivity index (χ2n) is 3.13. The van der Waals surface area contributed by atoms with Gasteiger partial charge in [-0.3, -0.25) is 9.59 Å². The third-order valence-electron chi connectivity index (χ3n) is 1.80. The van der Waals surface area contributed by atoms with Crippen LogP contribution in [0.1, 0.15) is 13.3 Å².